The highest BCUT2D eigenvalue weighted by Crippen LogP contribution is 2.18. The highest BCUT2D eigenvalue weighted by Gasteiger charge is 2.19. The van der Waals surface area contributed by atoms with Gasteiger partial charge < -0.3 is 10.1 Å². The molecule has 0 spiro atoms. The molecule has 138 valence electrons. The molecule has 1 N–H and O–H groups in total. The van der Waals surface area contributed by atoms with E-state index >= 15 is 0 Å². The first-order valence-corrected chi connectivity index (χ1v) is 9.03. The van der Waals surface area contributed by atoms with Crippen molar-refractivity contribution < 1.29 is 13.9 Å². The Bertz CT molecular complexity index is 727. The third kappa shape index (κ3) is 5.64. The standard InChI is InChI=1S/C21H25FN2O2/c1-16(25)23-20-9-7-17(8-10-20)13-24(15-21-6-3-11-26-21)14-18-4-2-5-19(22)12-18/h2,4-5,7-10,12,21H,3,6,11,13-15H2,1H3,(H,23,25)/t21-/m0/s1. The molecule has 3 rings (SSSR count). The van der Waals surface area contributed by atoms with Crippen LogP contribution in [0.15, 0.2) is 48.5 Å². The number of nitrogens with zero attached hydrogens (tertiary/aromatic N) is 1. The van der Waals surface area contributed by atoms with Crippen LogP contribution in [-0.2, 0) is 22.6 Å². The summed E-state index contributed by atoms with van der Waals surface area (Å²) in [4.78, 5) is 13.4. The molecule has 1 heterocycles. The molecular formula is C21H25FN2O2. The van der Waals surface area contributed by atoms with Crippen molar-refractivity contribution in [2.45, 2.75) is 39.0 Å². The van der Waals surface area contributed by atoms with Crippen LogP contribution >= 0.6 is 0 Å². The fraction of sp³-hybridized carbons (Fsp3) is 0.381. The molecule has 2 aromatic rings. The lowest BCUT2D eigenvalue weighted by Crippen LogP contribution is -2.31. The molecule has 1 fully saturated rings. The van der Waals surface area contributed by atoms with Gasteiger partial charge in [0.15, 0.2) is 0 Å². The van der Waals surface area contributed by atoms with E-state index in [1.807, 2.05) is 30.3 Å². The van der Waals surface area contributed by atoms with Gasteiger partial charge in [-0.25, -0.2) is 4.39 Å². The summed E-state index contributed by atoms with van der Waals surface area (Å²) in [7, 11) is 0. The number of amides is 1. The minimum Gasteiger partial charge on any atom is -0.377 e. The molecule has 4 nitrogen and oxygen atoms in total. The maximum atomic E-state index is 13.5. The van der Waals surface area contributed by atoms with Gasteiger partial charge in [0.05, 0.1) is 6.10 Å². The van der Waals surface area contributed by atoms with E-state index in [9.17, 15) is 9.18 Å². The highest BCUT2D eigenvalue weighted by molar-refractivity contribution is 5.88. The summed E-state index contributed by atoms with van der Waals surface area (Å²) < 4.78 is 19.3. The Hall–Kier alpha value is -2.24. The first-order chi connectivity index (χ1) is 12.6. The maximum absolute atomic E-state index is 13.5. The summed E-state index contributed by atoms with van der Waals surface area (Å²) in [5.74, 6) is -0.289. The van der Waals surface area contributed by atoms with Crippen LogP contribution in [0.5, 0.6) is 0 Å². The summed E-state index contributed by atoms with van der Waals surface area (Å²) in [5, 5.41) is 2.78. The van der Waals surface area contributed by atoms with Crippen molar-refractivity contribution >= 4 is 11.6 Å². The normalized spacial score (nSPS) is 16.8. The van der Waals surface area contributed by atoms with Crippen LogP contribution in [0, 0.1) is 5.82 Å². The molecule has 26 heavy (non-hydrogen) atoms. The number of nitrogens with one attached hydrogen (secondary N) is 1. The SMILES string of the molecule is CC(=O)Nc1ccc(CN(Cc2cccc(F)c2)C[C@@H]2CCCO2)cc1. The van der Waals surface area contributed by atoms with E-state index in [-0.39, 0.29) is 17.8 Å². The summed E-state index contributed by atoms with van der Waals surface area (Å²) in [6, 6.07) is 14.6. The third-order valence-electron chi connectivity index (χ3n) is 4.46. The van der Waals surface area contributed by atoms with Gasteiger partial charge >= 0.3 is 0 Å². The first kappa shape index (κ1) is 18.5. The van der Waals surface area contributed by atoms with Gasteiger partial charge in [-0.1, -0.05) is 24.3 Å². The van der Waals surface area contributed by atoms with E-state index in [1.165, 1.54) is 13.0 Å². The van der Waals surface area contributed by atoms with E-state index < -0.39 is 0 Å². The monoisotopic (exact) mass is 356 g/mol. The summed E-state index contributed by atoms with van der Waals surface area (Å²) in [5.41, 5.74) is 2.89. The molecule has 2 aromatic carbocycles. The van der Waals surface area contributed by atoms with Crippen molar-refractivity contribution in [1.29, 1.82) is 0 Å². The second-order valence-corrected chi connectivity index (χ2v) is 6.81. The molecule has 0 radical (unpaired) electrons. The Morgan fingerprint density at radius 3 is 2.62 bits per heavy atom. The van der Waals surface area contributed by atoms with Gasteiger partial charge in [-0.3, -0.25) is 9.69 Å². The highest BCUT2D eigenvalue weighted by atomic mass is 19.1. The van der Waals surface area contributed by atoms with E-state index in [0.29, 0.717) is 6.54 Å². The molecule has 0 bridgehead atoms. The van der Waals surface area contributed by atoms with Gasteiger partial charge in [-0.15, -0.1) is 0 Å². The van der Waals surface area contributed by atoms with Gasteiger partial charge in [0.1, 0.15) is 5.82 Å². The lowest BCUT2D eigenvalue weighted by Gasteiger charge is -2.25. The number of hydrogen-bond donors (Lipinski definition) is 1. The van der Waals surface area contributed by atoms with Crippen molar-refractivity contribution in [3.63, 3.8) is 0 Å². The largest absolute Gasteiger partial charge is 0.377 e. The second-order valence-electron chi connectivity index (χ2n) is 6.81. The lowest BCUT2D eigenvalue weighted by atomic mass is 10.1. The smallest absolute Gasteiger partial charge is 0.221 e. The molecule has 0 unspecified atom stereocenters. The number of halogens is 1. The number of anilines is 1. The van der Waals surface area contributed by atoms with Gasteiger partial charge in [0, 0.05) is 38.9 Å². The van der Waals surface area contributed by atoms with Crippen molar-refractivity contribution in [3.8, 4) is 0 Å². The molecule has 0 aliphatic carbocycles. The van der Waals surface area contributed by atoms with E-state index in [0.717, 1.165) is 49.4 Å². The molecule has 1 atom stereocenters. The number of benzene rings is 2. The Kier molecular flexibility index (Phi) is 6.36. The molecule has 1 aliphatic heterocycles. The first-order valence-electron chi connectivity index (χ1n) is 9.03. The van der Waals surface area contributed by atoms with E-state index in [2.05, 4.69) is 10.2 Å². The summed E-state index contributed by atoms with van der Waals surface area (Å²) >= 11 is 0. The molecule has 1 aliphatic rings. The van der Waals surface area contributed by atoms with Gasteiger partial charge in [0.2, 0.25) is 5.91 Å². The minimum absolute atomic E-state index is 0.0798. The van der Waals surface area contributed by atoms with Crippen LogP contribution in [0.1, 0.15) is 30.9 Å². The molecular weight excluding hydrogens is 331 g/mol. The van der Waals surface area contributed by atoms with Crippen LogP contribution in [0.2, 0.25) is 0 Å². The van der Waals surface area contributed by atoms with Gasteiger partial charge in [-0.05, 0) is 48.2 Å². The average Bonchev–Trinajstić information content (AvgIpc) is 3.09. The van der Waals surface area contributed by atoms with Crippen LogP contribution in [0.25, 0.3) is 0 Å². The van der Waals surface area contributed by atoms with Crippen molar-refractivity contribution in [1.82, 2.24) is 4.90 Å². The molecule has 0 saturated carbocycles. The Morgan fingerprint density at radius 1 is 1.19 bits per heavy atom. The number of rotatable bonds is 7. The summed E-state index contributed by atoms with van der Waals surface area (Å²) in [6.45, 7) is 4.56. The average molecular weight is 356 g/mol. The number of carbonyl (C=O) groups excluding carboxylic acids is 1. The van der Waals surface area contributed by atoms with E-state index in [4.69, 9.17) is 4.74 Å². The molecule has 0 aromatic heterocycles. The second kappa shape index (κ2) is 8.92. The lowest BCUT2D eigenvalue weighted by molar-refractivity contribution is -0.114. The fourth-order valence-electron chi connectivity index (χ4n) is 3.31. The zero-order chi connectivity index (χ0) is 18.4. The molecule has 1 amide bonds. The minimum atomic E-state index is -0.209. The predicted octanol–water partition coefficient (Wildman–Crippen LogP) is 3.97. The van der Waals surface area contributed by atoms with Crippen LogP contribution in [0.3, 0.4) is 0 Å². The van der Waals surface area contributed by atoms with Crippen LogP contribution in [-0.4, -0.2) is 30.1 Å². The van der Waals surface area contributed by atoms with Gasteiger partial charge in [-0.2, -0.15) is 0 Å². The molecule has 1 saturated heterocycles. The third-order valence-corrected chi connectivity index (χ3v) is 4.46. The fourth-order valence-corrected chi connectivity index (χ4v) is 3.31. The molecule has 5 heteroatoms. The number of hydrogen-bond acceptors (Lipinski definition) is 3. The maximum Gasteiger partial charge on any atom is 0.221 e. The topological polar surface area (TPSA) is 41.6 Å². The van der Waals surface area contributed by atoms with Crippen molar-refractivity contribution in [3.05, 3.63) is 65.5 Å². The Labute approximate surface area is 154 Å². The van der Waals surface area contributed by atoms with Crippen molar-refractivity contribution in [2.24, 2.45) is 0 Å². The summed E-state index contributed by atoms with van der Waals surface area (Å²) in [6.07, 6.45) is 2.41. The quantitative estimate of drug-likeness (QED) is 0.816. The number of carbonyl (C=O) groups is 1. The van der Waals surface area contributed by atoms with Crippen LogP contribution < -0.4 is 5.32 Å². The van der Waals surface area contributed by atoms with E-state index in [1.54, 1.807) is 12.1 Å². The zero-order valence-corrected chi connectivity index (χ0v) is 15.1. The Balaban J connectivity index is 1.68. The zero-order valence-electron chi connectivity index (χ0n) is 15.1. The predicted molar refractivity (Wildman–Crippen MR) is 100 cm³/mol. The van der Waals surface area contributed by atoms with Gasteiger partial charge in [0.25, 0.3) is 0 Å². The van der Waals surface area contributed by atoms with Crippen molar-refractivity contribution in [2.75, 3.05) is 18.5 Å². The Morgan fingerprint density at radius 2 is 1.96 bits per heavy atom. The number of ether oxygens (including phenoxy) is 1. The van der Waals surface area contributed by atoms with Crippen LogP contribution in [0.4, 0.5) is 10.1 Å².